The van der Waals surface area contributed by atoms with E-state index >= 15 is 0 Å². The molecule has 0 unspecified atom stereocenters. The first kappa shape index (κ1) is 15.1. The van der Waals surface area contributed by atoms with Crippen LogP contribution in [-0.2, 0) is 0 Å². The number of hydrogen-bond acceptors (Lipinski definition) is 1. The van der Waals surface area contributed by atoms with E-state index in [4.69, 9.17) is 4.98 Å². The largest absolute Gasteiger partial charge is 0.299 e. The number of para-hydroxylation sites is 1. The first-order valence-corrected chi connectivity index (χ1v) is 9.91. The van der Waals surface area contributed by atoms with Crippen molar-refractivity contribution >= 4 is 59.8 Å². The van der Waals surface area contributed by atoms with Crippen LogP contribution in [0.3, 0.4) is 0 Å². The van der Waals surface area contributed by atoms with Gasteiger partial charge in [-0.3, -0.25) is 4.40 Å². The fourth-order valence-corrected chi connectivity index (χ4v) is 4.83. The molecule has 4 aromatic carbocycles. The molecule has 3 aromatic heterocycles. The summed E-state index contributed by atoms with van der Waals surface area (Å²) in [5.74, 6) is 0. The van der Waals surface area contributed by atoms with Gasteiger partial charge in [0, 0.05) is 38.5 Å². The molecule has 134 valence electrons. The van der Waals surface area contributed by atoms with Gasteiger partial charge in [-0.15, -0.1) is 0 Å². The van der Waals surface area contributed by atoms with Crippen LogP contribution in [0.1, 0.15) is 0 Å². The summed E-state index contributed by atoms with van der Waals surface area (Å²) in [5, 5.41) is 9.97. The van der Waals surface area contributed by atoms with E-state index in [0.717, 1.165) is 11.2 Å². The molecule has 0 aliphatic heterocycles. The van der Waals surface area contributed by atoms with Crippen LogP contribution >= 0.6 is 0 Å². The highest BCUT2D eigenvalue weighted by atomic mass is 15.0. The minimum Gasteiger partial charge on any atom is -0.299 e. The molecule has 2 heteroatoms. The molecule has 0 saturated carbocycles. The van der Waals surface area contributed by atoms with Crippen LogP contribution in [-0.4, -0.2) is 9.38 Å². The molecule has 29 heavy (non-hydrogen) atoms. The Bertz CT molecular complexity index is 1760. The average Bonchev–Trinajstić information content (AvgIpc) is 3.17. The average molecular weight is 368 g/mol. The molecular weight excluding hydrogens is 352 g/mol. The maximum Gasteiger partial charge on any atom is 0.145 e. The Morgan fingerprint density at radius 3 is 2.17 bits per heavy atom. The van der Waals surface area contributed by atoms with Gasteiger partial charge in [-0.2, -0.15) is 0 Å². The SMILES string of the molecule is c1ccc2nc3c(cc2c1)c1c2ccccc2ccc1c1c2ccccc2cn31. The smallest absolute Gasteiger partial charge is 0.145 e. The van der Waals surface area contributed by atoms with Crippen LogP contribution in [0.4, 0.5) is 0 Å². The molecular formula is C27H16N2. The molecule has 7 rings (SSSR count). The van der Waals surface area contributed by atoms with E-state index in [1.807, 2.05) is 0 Å². The van der Waals surface area contributed by atoms with E-state index < -0.39 is 0 Å². The van der Waals surface area contributed by atoms with E-state index in [2.05, 4.69) is 102 Å². The van der Waals surface area contributed by atoms with Crippen molar-refractivity contribution in [2.45, 2.75) is 0 Å². The van der Waals surface area contributed by atoms with Crippen molar-refractivity contribution in [2.75, 3.05) is 0 Å². The Morgan fingerprint density at radius 1 is 0.552 bits per heavy atom. The predicted octanol–water partition coefficient (Wildman–Crippen LogP) is 7.10. The zero-order chi connectivity index (χ0) is 18.9. The van der Waals surface area contributed by atoms with E-state index in [-0.39, 0.29) is 0 Å². The Morgan fingerprint density at radius 2 is 1.28 bits per heavy atom. The lowest BCUT2D eigenvalue weighted by Gasteiger charge is -2.12. The molecule has 0 aliphatic rings. The molecule has 3 heterocycles. The van der Waals surface area contributed by atoms with Crippen molar-refractivity contribution in [3.8, 4) is 0 Å². The maximum absolute atomic E-state index is 5.12. The summed E-state index contributed by atoms with van der Waals surface area (Å²) < 4.78 is 2.28. The van der Waals surface area contributed by atoms with E-state index in [9.17, 15) is 0 Å². The first-order chi connectivity index (χ1) is 14.4. The van der Waals surface area contributed by atoms with Gasteiger partial charge in [0.25, 0.3) is 0 Å². The summed E-state index contributed by atoms with van der Waals surface area (Å²) in [4.78, 5) is 5.12. The normalized spacial score (nSPS) is 12.1. The number of benzene rings is 4. The third kappa shape index (κ3) is 1.93. The third-order valence-corrected chi connectivity index (χ3v) is 6.11. The van der Waals surface area contributed by atoms with Gasteiger partial charge < -0.3 is 0 Å². The Balaban J connectivity index is 1.90. The van der Waals surface area contributed by atoms with Crippen LogP contribution < -0.4 is 0 Å². The molecule has 0 spiro atoms. The molecule has 0 aliphatic carbocycles. The van der Waals surface area contributed by atoms with Gasteiger partial charge in [0.15, 0.2) is 0 Å². The predicted molar refractivity (Wildman–Crippen MR) is 123 cm³/mol. The summed E-state index contributed by atoms with van der Waals surface area (Å²) in [6.45, 7) is 0. The number of nitrogens with zero attached hydrogens (tertiary/aromatic N) is 2. The fourth-order valence-electron chi connectivity index (χ4n) is 4.83. The van der Waals surface area contributed by atoms with Gasteiger partial charge in [-0.1, -0.05) is 78.9 Å². The summed E-state index contributed by atoms with van der Waals surface area (Å²) >= 11 is 0. The fraction of sp³-hybridized carbons (Fsp3) is 0. The molecule has 0 amide bonds. The Hall–Kier alpha value is -3.91. The molecule has 7 aromatic rings. The van der Waals surface area contributed by atoms with Crippen molar-refractivity contribution in [3.63, 3.8) is 0 Å². The number of aromatic nitrogens is 2. The third-order valence-electron chi connectivity index (χ3n) is 6.11. The van der Waals surface area contributed by atoms with E-state index in [0.29, 0.717) is 0 Å². The maximum atomic E-state index is 5.12. The van der Waals surface area contributed by atoms with Gasteiger partial charge >= 0.3 is 0 Å². The van der Waals surface area contributed by atoms with Gasteiger partial charge in [0.05, 0.1) is 11.0 Å². The van der Waals surface area contributed by atoms with Crippen LogP contribution in [0.25, 0.3) is 59.8 Å². The van der Waals surface area contributed by atoms with Crippen LogP contribution in [0.5, 0.6) is 0 Å². The molecule has 2 nitrogen and oxygen atoms in total. The molecule has 0 atom stereocenters. The summed E-state index contributed by atoms with van der Waals surface area (Å²) in [7, 11) is 0. The van der Waals surface area contributed by atoms with E-state index in [1.165, 1.54) is 48.6 Å². The van der Waals surface area contributed by atoms with Crippen molar-refractivity contribution in [1.29, 1.82) is 0 Å². The number of pyridine rings is 2. The summed E-state index contributed by atoms with van der Waals surface area (Å²) in [6, 6.07) is 32.5. The molecule has 0 radical (unpaired) electrons. The zero-order valence-corrected chi connectivity index (χ0v) is 15.6. The van der Waals surface area contributed by atoms with Gasteiger partial charge in [0.2, 0.25) is 0 Å². The van der Waals surface area contributed by atoms with Crippen molar-refractivity contribution in [3.05, 3.63) is 97.2 Å². The van der Waals surface area contributed by atoms with Gasteiger partial charge in [-0.25, -0.2) is 4.98 Å². The van der Waals surface area contributed by atoms with Gasteiger partial charge in [-0.05, 0) is 22.9 Å². The van der Waals surface area contributed by atoms with Crippen LogP contribution in [0.2, 0.25) is 0 Å². The highest BCUT2D eigenvalue weighted by Gasteiger charge is 2.15. The first-order valence-electron chi connectivity index (χ1n) is 9.91. The molecule has 0 saturated heterocycles. The molecule has 0 fully saturated rings. The molecule has 0 N–H and O–H groups in total. The minimum atomic E-state index is 1.01. The Labute approximate surface area is 166 Å². The zero-order valence-electron chi connectivity index (χ0n) is 15.6. The highest BCUT2D eigenvalue weighted by molar-refractivity contribution is 6.27. The number of rotatable bonds is 0. The quantitative estimate of drug-likeness (QED) is 0.206. The monoisotopic (exact) mass is 368 g/mol. The van der Waals surface area contributed by atoms with Crippen molar-refractivity contribution in [1.82, 2.24) is 9.38 Å². The van der Waals surface area contributed by atoms with Crippen LogP contribution in [0.15, 0.2) is 97.2 Å². The van der Waals surface area contributed by atoms with E-state index in [1.54, 1.807) is 0 Å². The van der Waals surface area contributed by atoms with Crippen molar-refractivity contribution in [2.24, 2.45) is 0 Å². The summed E-state index contributed by atoms with van der Waals surface area (Å²) in [6.07, 6.45) is 2.23. The lowest BCUT2D eigenvalue weighted by molar-refractivity contribution is 1.24. The number of hydrogen-bond donors (Lipinski definition) is 0. The second kappa shape index (κ2) is 5.33. The Kier molecular flexibility index (Phi) is 2.77. The topological polar surface area (TPSA) is 17.3 Å². The minimum absolute atomic E-state index is 1.01. The molecule has 0 bridgehead atoms. The number of fused-ring (bicyclic) bond motifs is 11. The standard InChI is InChI=1S/C27H16N2/c1-4-10-20-17(7-1)13-14-22-25(20)23-15-18-8-3-6-12-24(18)28-27(23)29-16-19-9-2-5-11-21(19)26(22)29/h1-16H. The van der Waals surface area contributed by atoms with Crippen LogP contribution in [0, 0.1) is 0 Å². The lowest BCUT2D eigenvalue weighted by atomic mass is 9.98. The highest BCUT2D eigenvalue weighted by Crippen LogP contribution is 2.38. The second-order valence-electron chi connectivity index (χ2n) is 7.70. The second-order valence-corrected chi connectivity index (χ2v) is 7.70. The lowest BCUT2D eigenvalue weighted by Crippen LogP contribution is -1.94. The van der Waals surface area contributed by atoms with Crippen molar-refractivity contribution < 1.29 is 0 Å². The summed E-state index contributed by atoms with van der Waals surface area (Å²) in [5.41, 5.74) is 3.27. The van der Waals surface area contributed by atoms with Gasteiger partial charge in [0.1, 0.15) is 5.65 Å².